The summed E-state index contributed by atoms with van der Waals surface area (Å²) >= 11 is 0. The topological polar surface area (TPSA) is 122 Å². The summed E-state index contributed by atoms with van der Waals surface area (Å²) in [5, 5.41) is -12.2. The van der Waals surface area contributed by atoms with Gasteiger partial charge in [-0.25, -0.2) is 13.1 Å². The van der Waals surface area contributed by atoms with E-state index in [1.807, 2.05) is 0 Å². The van der Waals surface area contributed by atoms with Crippen molar-refractivity contribution in [3.8, 4) is 0 Å². The summed E-state index contributed by atoms with van der Waals surface area (Å²) in [5.41, 5.74) is 0. The normalized spacial score (nSPS) is 28.8. The highest BCUT2D eigenvalue weighted by Crippen LogP contribution is 2.42. The molecule has 0 amide bonds. The molecule has 148 valence electrons. The molecule has 1 atom stereocenters. The van der Waals surface area contributed by atoms with Gasteiger partial charge in [0.2, 0.25) is 0 Å². The Morgan fingerprint density at radius 2 is 1.56 bits per heavy atom. The number of ether oxygens (including phenoxy) is 2. The first-order valence-electron chi connectivity index (χ1n) is 7.25. The van der Waals surface area contributed by atoms with Crippen LogP contribution in [0.3, 0.4) is 0 Å². The smallest absolute Gasteiger partial charge is 0.375 e. The number of hydrogen-bond donors (Lipinski definition) is 2. The summed E-state index contributed by atoms with van der Waals surface area (Å²) in [7, 11) is -12.7. The number of hydrogen-bond acceptors (Lipinski definition) is 6. The van der Waals surface area contributed by atoms with Crippen LogP contribution in [0.1, 0.15) is 25.7 Å². The molecule has 25 heavy (non-hydrogen) atoms. The minimum atomic E-state index is -6.64. The molecule has 0 spiro atoms. The standard InChI is InChI=1S/C11H17F4NO7S2/c12-10(13,11(14,15)25(19,20)21)24(17,18)16-7-1-3-8(4-2-7)22-5-9-6-23-9/h7-9,16H,1-6H2,(H,19,20,21). The Kier molecular flexibility index (Phi) is 5.72. The lowest BCUT2D eigenvalue weighted by Gasteiger charge is -2.31. The molecule has 14 heteroatoms. The lowest BCUT2D eigenvalue weighted by Crippen LogP contribution is -2.57. The molecular formula is C11H17F4NO7S2. The van der Waals surface area contributed by atoms with Gasteiger partial charge < -0.3 is 9.47 Å². The highest BCUT2D eigenvalue weighted by Gasteiger charge is 2.73. The zero-order valence-corrected chi connectivity index (χ0v) is 14.3. The van der Waals surface area contributed by atoms with Crippen LogP contribution >= 0.6 is 0 Å². The second-order valence-corrected chi connectivity index (χ2v) is 9.11. The van der Waals surface area contributed by atoms with E-state index in [2.05, 4.69) is 0 Å². The number of halogens is 4. The number of rotatable bonds is 8. The summed E-state index contributed by atoms with van der Waals surface area (Å²) in [6, 6.07) is -1.08. The molecule has 2 N–H and O–H groups in total. The van der Waals surface area contributed by atoms with E-state index in [1.165, 1.54) is 4.72 Å². The van der Waals surface area contributed by atoms with E-state index in [0.717, 1.165) is 0 Å². The second-order valence-electron chi connectivity index (χ2n) is 5.89. The maximum Gasteiger partial charge on any atom is 0.448 e. The van der Waals surface area contributed by atoms with Crippen LogP contribution in [0.4, 0.5) is 17.6 Å². The molecule has 0 aromatic heterocycles. The fraction of sp³-hybridized carbons (Fsp3) is 1.00. The largest absolute Gasteiger partial charge is 0.448 e. The van der Waals surface area contributed by atoms with Crippen LogP contribution in [0.15, 0.2) is 0 Å². The van der Waals surface area contributed by atoms with Crippen molar-refractivity contribution in [3.63, 3.8) is 0 Å². The van der Waals surface area contributed by atoms with Crippen LogP contribution in [0.25, 0.3) is 0 Å². The van der Waals surface area contributed by atoms with Crippen molar-refractivity contribution in [2.75, 3.05) is 13.2 Å². The molecule has 2 rings (SSSR count). The molecule has 1 saturated carbocycles. The Labute approximate surface area is 141 Å². The fourth-order valence-electron chi connectivity index (χ4n) is 2.36. The van der Waals surface area contributed by atoms with Crippen molar-refractivity contribution in [2.24, 2.45) is 0 Å². The van der Waals surface area contributed by atoms with Gasteiger partial charge in [0.15, 0.2) is 0 Å². The molecule has 0 bridgehead atoms. The first kappa shape index (κ1) is 20.8. The maximum absolute atomic E-state index is 13.5. The monoisotopic (exact) mass is 415 g/mol. The zero-order valence-electron chi connectivity index (χ0n) is 12.7. The van der Waals surface area contributed by atoms with Crippen LogP contribution < -0.4 is 4.72 Å². The number of sulfonamides is 1. The Balaban J connectivity index is 1.96. The molecule has 0 aromatic carbocycles. The van der Waals surface area contributed by atoms with Crippen molar-refractivity contribution in [2.45, 2.75) is 54.4 Å². The molecule has 1 aliphatic carbocycles. The second kappa shape index (κ2) is 6.88. The summed E-state index contributed by atoms with van der Waals surface area (Å²) in [6.07, 6.45) is 0.494. The fourth-order valence-corrected chi connectivity index (χ4v) is 4.44. The zero-order chi connectivity index (χ0) is 19.1. The first-order chi connectivity index (χ1) is 11.3. The molecular weight excluding hydrogens is 398 g/mol. The highest BCUT2D eigenvalue weighted by molar-refractivity contribution is 7.93. The van der Waals surface area contributed by atoms with Gasteiger partial charge >= 0.3 is 20.6 Å². The summed E-state index contributed by atoms with van der Waals surface area (Å²) in [4.78, 5) is 0. The third-order valence-corrected chi connectivity index (χ3v) is 6.53. The Morgan fingerprint density at radius 1 is 1.04 bits per heavy atom. The molecule has 1 aliphatic heterocycles. The molecule has 1 heterocycles. The van der Waals surface area contributed by atoms with Crippen LogP contribution in [0.5, 0.6) is 0 Å². The quantitative estimate of drug-likeness (QED) is 0.340. The van der Waals surface area contributed by atoms with Gasteiger partial charge in [-0.05, 0) is 25.7 Å². The number of nitrogens with one attached hydrogen (secondary N) is 1. The van der Waals surface area contributed by atoms with Gasteiger partial charge in [0, 0.05) is 6.04 Å². The van der Waals surface area contributed by atoms with Crippen molar-refractivity contribution < 1.29 is 48.4 Å². The van der Waals surface area contributed by atoms with Crippen LogP contribution in [-0.4, -0.2) is 63.4 Å². The van der Waals surface area contributed by atoms with Gasteiger partial charge in [0.1, 0.15) is 6.10 Å². The van der Waals surface area contributed by atoms with Crippen LogP contribution in [-0.2, 0) is 29.6 Å². The third-order valence-electron chi connectivity index (χ3n) is 3.92. The van der Waals surface area contributed by atoms with Gasteiger partial charge in [-0.3, -0.25) is 4.55 Å². The van der Waals surface area contributed by atoms with Crippen LogP contribution in [0, 0.1) is 0 Å². The lowest BCUT2D eigenvalue weighted by atomic mass is 9.94. The minimum absolute atomic E-state index is 0.0255. The molecule has 8 nitrogen and oxygen atoms in total. The van der Waals surface area contributed by atoms with Crippen LogP contribution in [0.2, 0.25) is 0 Å². The summed E-state index contributed by atoms with van der Waals surface area (Å²) in [5.74, 6) is 0. The first-order valence-corrected chi connectivity index (χ1v) is 10.2. The average Bonchev–Trinajstić information content (AvgIpc) is 3.29. The van der Waals surface area contributed by atoms with Crippen molar-refractivity contribution in [3.05, 3.63) is 0 Å². The van der Waals surface area contributed by atoms with Crippen molar-refractivity contribution >= 4 is 20.1 Å². The molecule has 2 fully saturated rings. The molecule has 0 radical (unpaired) electrons. The molecule has 1 saturated heterocycles. The molecule has 0 aromatic rings. The van der Waals surface area contributed by atoms with E-state index >= 15 is 0 Å². The summed E-state index contributed by atoms with van der Waals surface area (Å²) < 4.78 is 117. The Hall–Kier alpha value is -0.540. The third kappa shape index (κ3) is 4.42. The van der Waals surface area contributed by atoms with Gasteiger partial charge in [0.25, 0.3) is 10.0 Å². The van der Waals surface area contributed by atoms with Crippen molar-refractivity contribution in [1.82, 2.24) is 4.72 Å². The number of alkyl halides is 4. The lowest BCUT2D eigenvalue weighted by molar-refractivity contribution is -0.102. The average molecular weight is 415 g/mol. The van der Waals surface area contributed by atoms with E-state index < -0.39 is 36.7 Å². The maximum atomic E-state index is 13.5. The van der Waals surface area contributed by atoms with Gasteiger partial charge in [0.05, 0.1) is 19.3 Å². The minimum Gasteiger partial charge on any atom is -0.375 e. The summed E-state index contributed by atoms with van der Waals surface area (Å²) in [6.45, 7) is 0.950. The van der Waals surface area contributed by atoms with E-state index in [9.17, 15) is 34.4 Å². The SMILES string of the molecule is O=S(=O)(O)C(F)(F)C(F)(F)S(=O)(=O)NC1CCC(OCC2CO2)CC1. The number of epoxide rings is 1. The van der Waals surface area contributed by atoms with E-state index in [1.54, 1.807) is 0 Å². The Bertz CT molecular complexity index is 685. The predicted molar refractivity (Wildman–Crippen MR) is 75.2 cm³/mol. The van der Waals surface area contributed by atoms with E-state index in [-0.39, 0.29) is 25.0 Å². The predicted octanol–water partition coefficient (Wildman–Crippen LogP) is 0.706. The van der Waals surface area contributed by atoms with E-state index in [0.29, 0.717) is 26.1 Å². The molecule has 2 aliphatic rings. The van der Waals surface area contributed by atoms with E-state index in [4.69, 9.17) is 14.0 Å². The molecule has 1 unspecified atom stereocenters. The Morgan fingerprint density at radius 3 is 2.00 bits per heavy atom. The van der Waals surface area contributed by atoms with Gasteiger partial charge in [-0.2, -0.15) is 26.0 Å². The van der Waals surface area contributed by atoms with Gasteiger partial charge in [-0.15, -0.1) is 0 Å². The van der Waals surface area contributed by atoms with Gasteiger partial charge in [-0.1, -0.05) is 0 Å². The highest BCUT2D eigenvalue weighted by atomic mass is 32.2. The van der Waals surface area contributed by atoms with Crippen molar-refractivity contribution in [1.29, 1.82) is 0 Å².